The van der Waals surface area contributed by atoms with Gasteiger partial charge in [0.1, 0.15) is 0 Å². The summed E-state index contributed by atoms with van der Waals surface area (Å²) in [6.45, 7) is 0. The highest BCUT2D eigenvalue weighted by Gasteiger charge is 2.29. The van der Waals surface area contributed by atoms with Gasteiger partial charge >= 0.3 is 5.76 Å². The first-order valence-electron chi connectivity index (χ1n) is 4.92. The average Bonchev–Trinajstić information content (AvgIpc) is 2.18. The van der Waals surface area contributed by atoms with E-state index in [0.29, 0.717) is 18.9 Å². The smallest absolute Gasteiger partial charge is 0.317 e. The summed E-state index contributed by atoms with van der Waals surface area (Å²) in [5.41, 5.74) is 0. The van der Waals surface area contributed by atoms with Gasteiger partial charge in [0.05, 0.1) is 0 Å². The van der Waals surface area contributed by atoms with E-state index >= 15 is 0 Å². The molecule has 1 saturated carbocycles. The zero-order valence-electron chi connectivity index (χ0n) is 8.54. The molecule has 0 heterocycles. The Hall–Kier alpha value is -0.270. The van der Waals surface area contributed by atoms with Crippen molar-refractivity contribution in [2.45, 2.75) is 43.5 Å². The van der Waals surface area contributed by atoms with Crippen LogP contribution in [0.1, 0.15) is 25.7 Å². The van der Waals surface area contributed by atoms with Crippen molar-refractivity contribution in [3.05, 3.63) is 0 Å². The summed E-state index contributed by atoms with van der Waals surface area (Å²) < 4.78 is 47.9. The quantitative estimate of drug-likeness (QED) is 0.761. The van der Waals surface area contributed by atoms with Gasteiger partial charge in [0.15, 0.2) is 0 Å². The number of sulfonamides is 1. The Morgan fingerprint density at radius 1 is 1.13 bits per heavy atom. The molecule has 7 heteroatoms. The lowest BCUT2D eigenvalue weighted by Crippen LogP contribution is -2.43. The Morgan fingerprint density at radius 2 is 1.60 bits per heavy atom. The molecule has 0 aromatic rings. The Bertz CT molecular complexity index is 287. The second kappa shape index (κ2) is 5.18. The second-order valence-electron chi connectivity index (χ2n) is 3.76. The van der Waals surface area contributed by atoms with E-state index in [1.165, 1.54) is 0 Å². The minimum Gasteiger partial charge on any atom is -0.317 e. The Morgan fingerprint density at radius 3 is 2.00 bits per heavy atom. The largest absolute Gasteiger partial charge is 0.350 e. The van der Waals surface area contributed by atoms with Crippen molar-refractivity contribution in [3.63, 3.8) is 0 Å². The summed E-state index contributed by atoms with van der Waals surface area (Å²) in [7, 11) is -2.58. The van der Waals surface area contributed by atoms with Crippen LogP contribution in [-0.4, -0.2) is 33.3 Å². The van der Waals surface area contributed by atoms with E-state index in [9.17, 15) is 17.2 Å². The van der Waals surface area contributed by atoms with Gasteiger partial charge in [0.2, 0.25) is 0 Å². The first kappa shape index (κ1) is 12.8. The van der Waals surface area contributed by atoms with Crippen LogP contribution < -0.4 is 10.0 Å². The van der Waals surface area contributed by atoms with E-state index in [0.717, 1.165) is 12.8 Å². The molecule has 0 unspecified atom stereocenters. The van der Waals surface area contributed by atoms with Crippen LogP contribution >= 0.6 is 0 Å². The lowest BCUT2D eigenvalue weighted by atomic mass is 9.92. The molecule has 0 aromatic heterocycles. The molecule has 4 nitrogen and oxygen atoms in total. The van der Waals surface area contributed by atoms with Gasteiger partial charge in [-0.05, 0) is 32.7 Å². The molecule has 0 amide bonds. The lowest BCUT2D eigenvalue weighted by Gasteiger charge is -2.28. The highest BCUT2D eigenvalue weighted by molar-refractivity contribution is 7.89. The van der Waals surface area contributed by atoms with E-state index in [1.54, 1.807) is 0 Å². The maximum atomic E-state index is 12.0. The molecule has 0 saturated heterocycles. The summed E-state index contributed by atoms with van der Waals surface area (Å²) in [4.78, 5) is 0. The molecule has 15 heavy (non-hydrogen) atoms. The van der Waals surface area contributed by atoms with Crippen LogP contribution in [0, 0.1) is 0 Å². The average molecular weight is 242 g/mol. The minimum atomic E-state index is -4.43. The summed E-state index contributed by atoms with van der Waals surface area (Å²) >= 11 is 0. The van der Waals surface area contributed by atoms with Crippen LogP contribution in [-0.2, 0) is 10.0 Å². The number of alkyl halides is 2. The Labute approximate surface area is 88.5 Å². The zero-order chi connectivity index (χ0) is 11.5. The predicted octanol–water partition coefficient (Wildman–Crippen LogP) is 0.659. The Kier molecular flexibility index (Phi) is 4.42. The summed E-state index contributed by atoms with van der Waals surface area (Å²) in [6.07, 6.45) is 2.84. The monoisotopic (exact) mass is 242 g/mol. The van der Waals surface area contributed by atoms with Crippen LogP contribution in [0.3, 0.4) is 0 Å². The topological polar surface area (TPSA) is 58.2 Å². The number of hydrogen-bond acceptors (Lipinski definition) is 3. The van der Waals surface area contributed by atoms with Gasteiger partial charge in [-0.2, -0.15) is 8.78 Å². The molecular formula is C8H16F2N2O2S. The van der Waals surface area contributed by atoms with Crippen molar-refractivity contribution in [2.24, 2.45) is 0 Å². The predicted molar refractivity (Wildman–Crippen MR) is 53.2 cm³/mol. The van der Waals surface area contributed by atoms with Gasteiger partial charge in [-0.15, -0.1) is 0 Å². The molecule has 1 aliphatic rings. The van der Waals surface area contributed by atoms with Crippen molar-refractivity contribution in [1.82, 2.24) is 10.0 Å². The third-order valence-corrected chi connectivity index (χ3v) is 3.83. The van der Waals surface area contributed by atoms with Crippen LogP contribution in [0.15, 0.2) is 0 Å². The molecule has 1 aliphatic carbocycles. The van der Waals surface area contributed by atoms with Crippen LogP contribution in [0.4, 0.5) is 8.78 Å². The van der Waals surface area contributed by atoms with Crippen molar-refractivity contribution in [2.75, 3.05) is 7.05 Å². The molecule has 2 N–H and O–H groups in total. The SMILES string of the molecule is CNC1CCC(NS(=O)(=O)C(F)F)CC1. The maximum absolute atomic E-state index is 12.0. The first-order chi connectivity index (χ1) is 6.95. The zero-order valence-corrected chi connectivity index (χ0v) is 9.36. The molecule has 0 aromatic carbocycles. The highest BCUT2D eigenvalue weighted by Crippen LogP contribution is 2.19. The van der Waals surface area contributed by atoms with Gasteiger partial charge in [-0.25, -0.2) is 13.1 Å². The number of nitrogens with one attached hydrogen (secondary N) is 2. The van der Waals surface area contributed by atoms with Gasteiger partial charge in [-0.1, -0.05) is 0 Å². The minimum absolute atomic E-state index is 0.339. The van der Waals surface area contributed by atoms with Gasteiger partial charge in [-0.3, -0.25) is 0 Å². The highest BCUT2D eigenvalue weighted by atomic mass is 32.2. The molecule has 0 bridgehead atoms. The fraction of sp³-hybridized carbons (Fsp3) is 1.00. The van der Waals surface area contributed by atoms with Crippen LogP contribution in [0.25, 0.3) is 0 Å². The fourth-order valence-electron chi connectivity index (χ4n) is 1.78. The van der Waals surface area contributed by atoms with Crippen molar-refractivity contribution < 1.29 is 17.2 Å². The van der Waals surface area contributed by atoms with Crippen molar-refractivity contribution in [3.8, 4) is 0 Å². The maximum Gasteiger partial charge on any atom is 0.350 e. The molecule has 0 aliphatic heterocycles. The lowest BCUT2D eigenvalue weighted by molar-refractivity contribution is 0.229. The van der Waals surface area contributed by atoms with E-state index in [1.807, 2.05) is 11.8 Å². The van der Waals surface area contributed by atoms with E-state index in [4.69, 9.17) is 0 Å². The molecule has 1 fully saturated rings. The van der Waals surface area contributed by atoms with Gasteiger partial charge < -0.3 is 5.32 Å². The summed E-state index contributed by atoms with van der Waals surface area (Å²) in [5.74, 6) is -3.33. The Balaban J connectivity index is 2.42. The van der Waals surface area contributed by atoms with E-state index < -0.39 is 15.8 Å². The van der Waals surface area contributed by atoms with E-state index in [2.05, 4.69) is 5.32 Å². The summed E-state index contributed by atoms with van der Waals surface area (Å²) in [5, 5.41) is 3.08. The fourth-order valence-corrected chi connectivity index (χ4v) is 2.59. The van der Waals surface area contributed by atoms with Crippen LogP contribution in [0.5, 0.6) is 0 Å². The molecule has 90 valence electrons. The molecule has 1 rings (SSSR count). The standard InChI is InChI=1S/C8H16F2N2O2S/c1-11-6-2-4-7(5-3-6)12-15(13,14)8(9)10/h6-8,11-12H,2-5H2,1H3. The first-order valence-corrected chi connectivity index (χ1v) is 6.47. The molecule has 0 spiro atoms. The van der Waals surface area contributed by atoms with Crippen molar-refractivity contribution in [1.29, 1.82) is 0 Å². The van der Waals surface area contributed by atoms with Gasteiger partial charge in [0.25, 0.3) is 10.0 Å². The third kappa shape index (κ3) is 3.66. The molecular weight excluding hydrogens is 226 g/mol. The van der Waals surface area contributed by atoms with Gasteiger partial charge in [0, 0.05) is 12.1 Å². The molecule has 0 radical (unpaired) electrons. The van der Waals surface area contributed by atoms with E-state index in [-0.39, 0.29) is 6.04 Å². The number of halogens is 2. The second-order valence-corrected chi connectivity index (χ2v) is 5.44. The summed E-state index contributed by atoms with van der Waals surface area (Å²) in [6, 6.07) is 0.0332. The number of rotatable bonds is 4. The van der Waals surface area contributed by atoms with Crippen molar-refractivity contribution >= 4 is 10.0 Å². The molecule has 0 atom stereocenters. The number of hydrogen-bond donors (Lipinski definition) is 2. The van der Waals surface area contributed by atoms with Crippen LogP contribution in [0.2, 0.25) is 0 Å². The normalized spacial score (nSPS) is 28.3. The third-order valence-electron chi connectivity index (χ3n) is 2.70.